The van der Waals surface area contributed by atoms with E-state index in [-0.39, 0.29) is 12.7 Å². The zero-order chi connectivity index (χ0) is 20.1. The number of esters is 1. The fraction of sp³-hybridized carbons (Fsp3) is 0.435. The molecule has 0 unspecified atom stereocenters. The van der Waals surface area contributed by atoms with Crippen molar-refractivity contribution in [2.75, 3.05) is 40.0 Å². The number of benzene rings is 2. The van der Waals surface area contributed by atoms with Crippen LogP contribution in [-0.4, -0.2) is 50.9 Å². The Bertz CT molecular complexity index is 830. The number of hydrogen-bond acceptors (Lipinski definition) is 6. The zero-order valence-electron chi connectivity index (χ0n) is 16.8. The molecule has 0 spiro atoms. The predicted molar refractivity (Wildman–Crippen MR) is 108 cm³/mol. The van der Waals surface area contributed by atoms with Gasteiger partial charge in [-0.1, -0.05) is 18.2 Å². The summed E-state index contributed by atoms with van der Waals surface area (Å²) < 4.78 is 21.6. The Hall–Kier alpha value is -2.57. The molecule has 1 atom stereocenters. The molecule has 6 nitrogen and oxygen atoms in total. The summed E-state index contributed by atoms with van der Waals surface area (Å²) in [6.45, 7) is 4.54. The fourth-order valence-corrected chi connectivity index (χ4v) is 3.85. The highest BCUT2D eigenvalue weighted by atomic mass is 16.6. The number of rotatable bonds is 7. The molecule has 0 bridgehead atoms. The second-order valence-electron chi connectivity index (χ2n) is 7.40. The third-order valence-corrected chi connectivity index (χ3v) is 5.43. The summed E-state index contributed by atoms with van der Waals surface area (Å²) in [5.41, 5.74) is 4.03. The third kappa shape index (κ3) is 5.08. The first-order valence-corrected chi connectivity index (χ1v) is 10.1. The van der Waals surface area contributed by atoms with Crippen LogP contribution in [0.25, 0.3) is 0 Å². The molecule has 2 aromatic carbocycles. The molecule has 0 radical (unpaired) electrons. The van der Waals surface area contributed by atoms with Crippen LogP contribution >= 0.6 is 0 Å². The van der Waals surface area contributed by atoms with Crippen LogP contribution in [0.15, 0.2) is 42.5 Å². The third-order valence-electron chi connectivity index (χ3n) is 5.43. The Balaban J connectivity index is 1.35. The normalized spacial score (nSPS) is 18.9. The second-order valence-corrected chi connectivity index (χ2v) is 7.40. The second kappa shape index (κ2) is 9.29. The molecule has 1 fully saturated rings. The van der Waals surface area contributed by atoms with E-state index in [4.69, 9.17) is 14.2 Å². The minimum Gasteiger partial charge on any atom is -0.486 e. The van der Waals surface area contributed by atoms with Gasteiger partial charge in [-0.25, -0.2) is 4.79 Å². The van der Waals surface area contributed by atoms with Crippen molar-refractivity contribution in [3.63, 3.8) is 0 Å². The van der Waals surface area contributed by atoms with Gasteiger partial charge in [0.15, 0.2) is 6.61 Å². The number of ether oxygens (including phenoxy) is 4. The molecule has 4 rings (SSSR count). The molecule has 1 aliphatic heterocycles. The smallest absolute Gasteiger partial charge is 0.343 e. The quantitative estimate of drug-likeness (QED) is 0.669. The number of methoxy groups -OCH3 is 1. The van der Waals surface area contributed by atoms with E-state index >= 15 is 0 Å². The van der Waals surface area contributed by atoms with E-state index in [1.54, 1.807) is 12.1 Å². The molecule has 154 valence electrons. The highest BCUT2D eigenvalue weighted by molar-refractivity contribution is 5.70. The maximum Gasteiger partial charge on any atom is 0.343 e. The van der Waals surface area contributed by atoms with Crippen molar-refractivity contribution < 1.29 is 23.7 Å². The van der Waals surface area contributed by atoms with Crippen molar-refractivity contribution in [1.82, 2.24) is 4.90 Å². The van der Waals surface area contributed by atoms with Gasteiger partial charge in [-0.15, -0.1) is 0 Å². The molecular weight excluding hydrogens is 370 g/mol. The van der Waals surface area contributed by atoms with Crippen molar-refractivity contribution in [3.05, 3.63) is 59.2 Å². The minimum atomic E-state index is -0.402. The van der Waals surface area contributed by atoms with Crippen LogP contribution in [-0.2, 0) is 27.2 Å². The number of hydrogen-bond donors (Lipinski definition) is 0. The highest BCUT2D eigenvalue weighted by Gasteiger charge is 2.24. The summed E-state index contributed by atoms with van der Waals surface area (Å²) >= 11 is 0. The highest BCUT2D eigenvalue weighted by Crippen LogP contribution is 2.36. The van der Waals surface area contributed by atoms with Gasteiger partial charge in [-0.05, 0) is 53.8 Å². The van der Waals surface area contributed by atoms with Gasteiger partial charge in [-0.3, -0.25) is 4.90 Å². The van der Waals surface area contributed by atoms with Crippen LogP contribution in [0, 0.1) is 0 Å². The first kappa shape index (κ1) is 19.7. The van der Waals surface area contributed by atoms with Crippen LogP contribution in [0.5, 0.6) is 11.5 Å². The largest absolute Gasteiger partial charge is 0.486 e. The first-order chi connectivity index (χ1) is 14.2. The summed E-state index contributed by atoms with van der Waals surface area (Å²) in [6.07, 6.45) is 2.10. The molecule has 1 saturated heterocycles. The van der Waals surface area contributed by atoms with Crippen molar-refractivity contribution in [1.29, 1.82) is 0 Å². The van der Waals surface area contributed by atoms with E-state index in [1.165, 1.54) is 23.8 Å². The standard InChI is InChI=1S/C23H27NO5/c1-26-23(25)16-28-19-4-6-20(7-5-19)29-22-9-3-18-14-17(2-8-21(18)22)15-24-10-12-27-13-11-24/h2,4-8,14,22H,3,9-13,15-16H2,1H3/t22-/m1/s1. The summed E-state index contributed by atoms with van der Waals surface area (Å²) in [4.78, 5) is 13.6. The molecule has 0 amide bonds. The Kier molecular flexibility index (Phi) is 6.32. The molecule has 2 aliphatic rings. The maximum atomic E-state index is 11.2. The number of nitrogens with zero attached hydrogens (tertiary/aromatic N) is 1. The number of fused-ring (bicyclic) bond motifs is 1. The molecule has 1 heterocycles. The maximum absolute atomic E-state index is 11.2. The van der Waals surface area contributed by atoms with Crippen molar-refractivity contribution in [2.45, 2.75) is 25.5 Å². The summed E-state index contributed by atoms with van der Waals surface area (Å²) in [7, 11) is 1.34. The minimum absolute atomic E-state index is 0.0734. The Morgan fingerprint density at radius 3 is 2.62 bits per heavy atom. The molecule has 1 aliphatic carbocycles. The van der Waals surface area contributed by atoms with Gasteiger partial charge in [-0.2, -0.15) is 0 Å². The van der Waals surface area contributed by atoms with Crippen LogP contribution in [0.2, 0.25) is 0 Å². The molecule has 29 heavy (non-hydrogen) atoms. The Morgan fingerprint density at radius 1 is 1.10 bits per heavy atom. The average Bonchev–Trinajstić information content (AvgIpc) is 3.15. The number of carbonyl (C=O) groups excluding carboxylic acids is 1. The van der Waals surface area contributed by atoms with Crippen LogP contribution < -0.4 is 9.47 Å². The van der Waals surface area contributed by atoms with Crippen molar-refractivity contribution in [2.24, 2.45) is 0 Å². The lowest BCUT2D eigenvalue weighted by molar-refractivity contribution is -0.142. The van der Waals surface area contributed by atoms with Crippen molar-refractivity contribution >= 4 is 5.97 Å². The summed E-state index contributed by atoms with van der Waals surface area (Å²) in [6, 6.07) is 14.1. The van der Waals surface area contributed by atoms with Crippen LogP contribution in [0.3, 0.4) is 0 Å². The van der Waals surface area contributed by atoms with Crippen LogP contribution in [0.1, 0.15) is 29.2 Å². The van der Waals surface area contributed by atoms with Gasteiger partial charge in [0.05, 0.1) is 20.3 Å². The lowest BCUT2D eigenvalue weighted by Crippen LogP contribution is -2.35. The fourth-order valence-electron chi connectivity index (χ4n) is 3.85. The lowest BCUT2D eigenvalue weighted by atomic mass is 10.1. The average molecular weight is 397 g/mol. The molecule has 0 aromatic heterocycles. The topological polar surface area (TPSA) is 57.2 Å². The summed E-state index contributed by atoms with van der Waals surface area (Å²) in [5.74, 6) is 1.01. The van der Waals surface area contributed by atoms with Gasteiger partial charge in [0.25, 0.3) is 0 Å². The Morgan fingerprint density at radius 2 is 1.86 bits per heavy atom. The monoisotopic (exact) mass is 397 g/mol. The number of carbonyl (C=O) groups is 1. The Labute approximate surface area is 171 Å². The predicted octanol–water partition coefficient (Wildman–Crippen LogP) is 3.14. The van der Waals surface area contributed by atoms with E-state index in [0.29, 0.717) is 5.75 Å². The van der Waals surface area contributed by atoms with Gasteiger partial charge >= 0.3 is 5.97 Å². The van der Waals surface area contributed by atoms with Crippen molar-refractivity contribution in [3.8, 4) is 11.5 Å². The van der Waals surface area contributed by atoms with E-state index in [0.717, 1.165) is 51.4 Å². The van der Waals surface area contributed by atoms with E-state index in [9.17, 15) is 4.79 Å². The van der Waals surface area contributed by atoms with Gasteiger partial charge in [0.1, 0.15) is 17.6 Å². The van der Waals surface area contributed by atoms with Gasteiger partial charge < -0.3 is 18.9 Å². The van der Waals surface area contributed by atoms with E-state index in [1.807, 2.05) is 12.1 Å². The van der Waals surface area contributed by atoms with Crippen LogP contribution in [0.4, 0.5) is 0 Å². The molecule has 0 N–H and O–H groups in total. The molecule has 2 aromatic rings. The lowest BCUT2D eigenvalue weighted by Gasteiger charge is -2.26. The molecule has 0 saturated carbocycles. The van der Waals surface area contributed by atoms with Gasteiger partial charge in [0, 0.05) is 19.6 Å². The molecule has 6 heteroatoms. The number of aryl methyl sites for hydroxylation is 1. The SMILES string of the molecule is COC(=O)COc1ccc(O[C@@H]2CCc3cc(CN4CCOCC4)ccc32)cc1. The van der Waals surface area contributed by atoms with Gasteiger partial charge in [0.2, 0.25) is 0 Å². The zero-order valence-corrected chi connectivity index (χ0v) is 16.8. The number of morpholine rings is 1. The van der Waals surface area contributed by atoms with E-state index in [2.05, 4.69) is 27.8 Å². The first-order valence-electron chi connectivity index (χ1n) is 10.1. The van der Waals surface area contributed by atoms with E-state index < -0.39 is 5.97 Å². The summed E-state index contributed by atoms with van der Waals surface area (Å²) in [5, 5.41) is 0. The molecular formula is C23H27NO5.